The highest BCUT2D eigenvalue weighted by atomic mass is 32.2. The van der Waals surface area contributed by atoms with Crippen LogP contribution in [0, 0.1) is 0 Å². The SMILES string of the molecule is CS(=O)(=O)NC(=O)CCCCCCOc1cccc2c1CN(c1ccc(C(F)(F)F)cc1)C2=O. The number of carbonyl (C=O) groups is 2. The van der Waals surface area contributed by atoms with E-state index < -0.39 is 27.7 Å². The van der Waals surface area contributed by atoms with Crippen LogP contribution in [-0.4, -0.2) is 33.1 Å². The summed E-state index contributed by atoms with van der Waals surface area (Å²) in [5.41, 5.74) is 0.736. The third-order valence-corrected chi connectivity index (χ3v) is 5.88. The highest BCUT2D eigenvalue weighted by molar-refractivity contribution is 7.89. The first kappa shape index (κ1) is 25.5. The van der Waals surface area contributed by atoms with E-state index in [-0.39, 0.29) is 18.9 Å². The molecule has 1 N–H and O–H groups in total. The van der Waals surface area contributed by atoms with E-state index in [0.29, 0.717) is 42.0 Å². The molecule has 0 radical (unpaired) electrons. The Morgan fingerprint density at radius 1 is 1.06 bits per heavy atom. The average molecular weight is 499 g/mol. The van der Waals surface area contributed by atoms with E-state index >= 15 is 0 Å². The molecule has 184 valence electrons. The van der Waals surface area contributed by atoms with Gasteiger partial charge in [-0.15, -0.1) is 0 Å². The minimum absolute atomic E-state index is 0.127. The molecule has 34 heavy (non-hydrogen) atoms. The summed E-state index contributed by atoms with van der Waals surface area (Å²) in [6.07, 6.45) is -0.626. The van der Waals surface area contributed by atoms with Crippen molar-refractivity contribution >= 4 is 27.5 Å². The number of nitrogens with zero attached hydrogens (tertiary/aromatic N) is 1. The van der Waals surface area contributed by atoms with Gasteiger partial charge < -0.3 is 9.64 Å². The number of carbonyl (C=O) groups excluding carboxylic acids is 2. The van der Waals surface area contributed by atoms with Gasteiger partial charge in [-0.3, -0.25) is 14.3 Å². The van der Waals surface area contributed by atoms with E-state index in [2.05, 4.69) is 0 Å². The topological polar surface area (TPSA) is 92.8 Å². The second kappa shape index (κ2) is 10.5. The first-order valence-corrected chi connectivity index (χ1v) is 12.6. The maximum Gasteiger partial charge on any atom is 0.416 e. The molecule has 7 nitrogen and oxygen atoms in total. The van der Waals surface area contributed by atoms with Gasteiger partial charge >= 0.3 is 6.18 Å². The molecular weight excluding hydrogens is 473 g/mol. The maximum atomic E-state index is 12.8. The molecule has 0 saturated carbocycles. The van der Waals surface area contributed by atoms with Crippen LogP contribution in [0.5, 0.6) is 5.75 Å². The largest absolute Gasteiger partial charge is 0.493 e. The summed E-state index contributed by atoms with van der Waals surface area (Å²) < 4.78 is 68.2. The van der Waals surface area contributed by atoms with E-state index in [9.17, 15) is 31.2 Å². The van der Waals surface area contributed by atoms with Gasteiger partial charge in [0.15, 0.2) is 0 Å². The monoisotopic (exact) mass is 498 g/mol. The number of alkyl halides is 3. The van der Waals surface area contributed by atoms with Crippen molar-refractivity contribution in [2.24, 2.45) is 0 Å². The van der Waals surface area contributed by atoms with Crippen molar-refractivity contribution in [2.75, 3.05) is 17.8 Å². The van der Waals surface area contributed by atoms with Crippen LogP contribution in [-0.2, 0) is 27.5 Å². The molecule has 0 aliphatic carbocycles. The molecule has 0 saturated heterocycles. The van der Waals surface area contributed by atoms with Crippen LogP contribution >= 0.6 is 0 Å². The standard InChI is InChI=1S/C23H25F3N2O5S/c1-34(31,32)27-21(29)9-4-2-3-5-14-33-20-8-6-7-18-19(20)15-28(22(18)30)17-12-10-16(11-13-17)23(24,25)26/h6-8,10-13H,2-5,9,14-15H2,1H3,(H,27,29). The molecule has 2 aromatic carbocycles. The van der Waals surface area contributed by atoms with E-state index in [4.69, 9.17) is 4.74 Å². The first-order valence-electron chi connectivity index (χ1n) is 10.7. The lowest BCUT2D eigenvalue weighted by atomic mass is 10.1. The molecule has 1 heterocycles. The van der Waals surface area contributed by atoms with Gasteiger partial charge in [-0.2, -0.15) is 13.2 Å². The lowest BCUT2D eigenvalue weighted by Crippen LogP contribution is -2.28. The van der Waals surface area contributed by atoms with Crippen molar-refractivity contribution < 1.29 is 35.9 Å². The van der Waals surface area contributed by atoms with Gasteiger partial charge in [-0.05, 0) is 49.2 Å². The lowest BCUT2D eigenvalue weighted by molar-refractivity contribution is -0.137. The van der Waals surface area contributed by atoms with E-state index in [1.165, 1.54) is 17.0 Å². The van der Waals surface area contributed by atoms with E-state index in [1.807, 2.05) is 4.72 Å². The van der Waals surface area contributed by atoms with Crippen molar-refractivity contribution in [1.29, 1.82) is 0 Å². The zero-order valence-electron chi connectivity index (χ0n) is 18.5. The number of ether oxygens (including phenoxy) is 1. The minimum Gasteiger partial charge on any atom is -0.493 e. The van der Waals surface area contributed by atoms with Crippen molar-refractivity contribution in [3.05, 3.63) is 59.2 Å². The molecule has 0 fully saturated rings. The third kappa shape index (κ3) is 6.72. The molecule has 2 aromatic rings. The van der Waals surface area contributed by atoms with Gasteiger partial charge in [0, 0.05) is 23.2 Å². The molecule has 0 unspecified atom stereocenters. The Bertz CT molecular complexity index is 1150. The molecule has 1 aliphatic rings. The second-order valence-corrected chi connectivity index (χ2v) is 9.78. The number of hydrogen-bond acceptors (Lipinski definition) is 5. The number of fused-ring (bicyclic) bond motifs is 1. The van der Waals surface area contributed by atoms with Crippen molar-refractivity contribution in [3.63, 3.8) is 0 Å². The highest BCUT2D eigenvalue weighted by Gasteiger charge is 2.33. The summed E-state index contributed by atoms with van der Waals surface area (Å²) >= 11 is 0. The summed E-state index contributed by atoms with van der Waals surface area (Å²) in [5, 5.41) is 0. The van der Waals surface area contributed by atoms with Crippen LogP contribution in [0.3, 0.4) is 0 Å². The van der Waals surface area contributed by atoms with Gasteiger partial charge in [-0.25, -0.2) is 8.42 Å². The van der Waals surface area contributed by atoms with Crippen LogP contribution < -0.4 is 14.4 Å². The lowest BCUT2D eigenvalue weighted by Gasteiger charge is -2.17. The van der Waals surface area contributed by atoms with E-state index in [0.717, 1.165) is 31.2 Å². The zero-order valence-corrected chi connectivity index (χ0v) is 19.3. The Labute approximate surface area is 196 Å². The number of amides is 2. The molecule has 3 rings (SSSR count). The predicted molar refractivity (Wildman–Crippen MR) is 120 cm³/mol. The molecule has 0 aromatic heterocycles. The number of anilines is 1. The Hall–Kier alpha value is -3.08. The first-order chi connectivity index (χ1) is 16.0. The molecule has 11 heteroatoms. The third-order valence-electron chi connectivity index (χ3n) is 5.29. The Morgan fingerprint density at radius 2 is 1.74 bits per heavy atom. The van der Waals surface area contributed by atoms with Crippen LogP contribution in [0.2, 0.25) is 0 Å². The smallest absolute Gasteiger partial charge is 0.416 e. The van der Waals surface area contributed by atoms with Crippen molar-refractivity contribution in [2.45, 2.75) is 44.8 Å². The summed E-state index contributed by atoms with van der Waals surface area (Å²) in [7, 11) is -3.54. The van der Waals surface area contributed by atoms with Gasteiger partial charge in [0.05, 0.1) is 25.0 Å². The van der Waals surface area contributed by atoms with E-state index in [1.54, 1.807) is 18.2 Å². The maximum absolute atomic E-state index is 12.8. The fourth-order valence-electron chi connectivity index (χ4n) is 3.66. The second-order valence-electron chi connectivity index (χ2n) is 8.03. The molecule has 0 spiro atoms. The molecule has 2 amide bonds. The molecular formula is C23H25F3N2O5S. The Balaban J connectivity index is 1.50. The zero-order chi connectivity index (χ0) is 24.9. The molecule has 0 bridgehead atoms. The van der Waals surface area contributed by atoms with Gasteiger partial charge in [0.25, 0.3) is 5.91 Å². The van der Waals surface area contributed by atoms with Crippen LogP contribution in [0.4, 0.5) is 18.9 Å². The fourth-order valence-corrected chi connectivity index (χ4v) is 4.18. The van der Waals surface area contributed by atoms with Crippen LogP contribution in [0.15, 0.2) is 42.5 Å². The average Bonchev–Trinajstić information content (AvgIpc) is 3.08. The number of nitrogens with one attached hydrogen (secondary N) is 1. The number of hydrogen-bond donors (Lipinski definition) is 1. The fraction of sp³-hybridized carbons (Fsp3) is 0.391. The number of benzene rings is 2. The molecule has 0 atom stereocenters. The number of halogens is 3. The van der Waals surface area contributed by atoms with Gasteiger partial charge in [-0.1, -0.05) is 18.9 Å². The van der Waals surface area contributed by atoms with Crippen LogP contribution in [0.25, 0.3) is 0 Å². The molecule has 1 aliphatic heterocycles. The minimum atomic E-state index is -4.44. The highest BCUT2D eigenvalue weighted by Crippen LogP contribution is 2.36. The summed E-state index contributed by atoms with van der Waals surface area (Å²) in [4.78, 5) is 25.7. The summed E-state index contributed by atoms with van der Waals surface area (Å²) in [5.74, 6) is -0.277. The van der Waals surface area contributed by atoms with Crippen molar-refractivity contribution in [1.82, 2.24) is 4.72 Å². The number of rotatable bonds is 10. The number of sulfonamides is 1. The predicted octanol–water partition coefficient (Wildman–Crippen LogP) is 4.27. The summed E-state index contributed by atoms with van der Waals surface area (Å²) in [6.45, 7) is 0.589. The van der Waals surface area contributed by atoms with Gasteiger partial charge in [0.2, 0.25) is 15.9 Å². The Kier molecular flexibility index (Phi) is 7.86. The van der Waals surface area contributed by atoms with Crippen LogP contribution in [0.1, 0.15) is 53.6 Å². The Morgan fingerprint density at radius 3 is 2.38 bits per heavy atom. The van der Waals surface area contributed by atoms with Crippen molar-refractivity contribution in [3.8, 4) is 5.75 Å². The number of unbranched alkanes of at least 4 members (excludes halogenated alkanes) is 3. The summed E-state index contributed by atoms with van der Waals surface area (Å²) in [6, 6.07) is 9.57. The normalized spacial score (nSPS) is 13.6. The van der Waals surface area contributed by atoms with Gasteiger partial charge in [0.1, 0.15) is 5.75 Å². The quantitative estimate of drug-likeness (QED) is 0.494.